The van der Waals surface area contributed by atoms with Crippen molar-refractivity contribution in [1.82, 2.24) is 9.55 Å². The van der Waals surface area contributed by atoms with Gasteiger partial charge in [-0.25, -0.2) is 0 Å². The zero-order valence-corrected chi connectivity index (χ0v) is 19.0. The molecule has 0 radical (unpaired) electrons. The van der Waals surface area contributed by atoms with Crippen LogP contribution in [0.2, 0.25) is 5.02 Å². The van der Waals surface area contributed by atoms with E-state index in [1.807, 2.05) is 77.6 Å². The van der Waals surface area contributed by atoms with E-state index in [1.165, 1.54) is 0 Å². The van der Waals surface area contributed by atoms with E-state index in [1.54, 1.807) is 25.4 Å². The Labute approximate surface area is 201 Å². The topological polar surface area (TPSA) is 72.1 Å². The molecule has 1 N–H and O–H groups in total. The van der Waals surface area contributed by atoms with Gasteiger partial charge in [0.1, 0.15) is 23.3 Å². The summed E-state index contributed by atoms with van der Waals surface area (Å²) in [5.41, 5.74) is 3.32. The molecular formula is C27H19ClN4O2. The Morgan fingerprint density at radius 2 is 1.76 bits per heavy atom. The van der Waals surface area contributed by atoms with Crippen LogP contribution >= 0.6 is 11.6 Å². The van der Waals surface area contributed by atoms with Crippen molar-refractivity contribution in [3.8, 4) is 29.0 Å². The highest BCUT2D eigenvalue weighted by atomic mass is 35.5. The minimum absolute atomic E-state index is 0.406. The van der Waals surface area contributed by atoms with Crippen LogP contribution in [0, 0.1) is 11.3 Å². The molecule has 0 aliphatic rings. The third kappa shape index (κ3) is 4.13. The highest BCUT2D eigenvalue weighted by Gasteiger charge is 2.15. The summed E-state index contributed by atoms with van der Waals surface area (Å²) < 4.78 is 13.5. The van der Waals surface area contributed by atoms with Crippen LogP contribution in [0.25, 0.3) is 16.6 Å². The molecule has 0 amide bonds. The van der Waals surface area contributed by atoms with E-state index in [2.05, 4.69) is 16.4 Å². The molecule has 0 aliphatic heterocycles. The molecule has 3 aromatic carbocycles. The molecule has 0 aliphatic carbocycles. The molecule has 0 spiro atoms. The van der Waals surface area contributed by atoms with Gasteiger partial charge >= 0.3 is 0 Å². The number of para-hydroxylation sites is 1. The minimum Gasteiger partial charge on any atom is -0.495 e. The first-order chi connectivity index (χ1) is 16.7. The number of aromatic nitrogens is 2. The predicted octanol–water partition coefficient (Wildman–Crippen LogP) is 7.10. The third-order valence-electron chi connectivity index (χ3n) is 5.34. The number of rotatable bonds is 6. The van der Waals surface area contributed by atoms with Crippen molar-refractivity contribution in [2.75, 3.05) is 12.4 Å². The molecule has 0 atom stereocenters. The summed E-state index contributed by atoms with van der Waals surface area (Å²) >= 11 is 6.50. The lowest BCUT2D eigenvalue weighted by atomic mass is 10.1. The van der Waals surface area contributed by atoms with E-state index in [9.17, 15) is 5.26 Å². The maximum absolute atomic E-state index is 9.74. The first kappa shape index (κ1) is 21.4. The van der Waals surface area contributed by atoms with Gasteiger partial charge in [0.15, 0.2) is 0 Å². The van der Waals surface area contributed by atoms with E-state index in [-0.39, 0.29) is 0 Å². The summed E-state index contributed by atoms with van der Waals surface area (Å²) in [6, 6.07) is 24.8. The zero-order valence-electron chi connectivity index (χ0n) is 18.2. The van der Waals surface area contributed by atoms with Crippen molar-refractivity contribution in [3.05, 3.63) is 102 Å². The Hall–Kier alpha value is -4.47. The smallest absolute Gasteiger partial charge is 0.146 e. The number of hydrogen-bond donors (Lipinski definition) is 1. The summed E-state index contributed by atoms with van der Waals surface area (Å²) in [7, 11) is 1.62. The molecule has 6 nitrogen and oxygen atoms in total. The largest absolute Gasteiger partial charge is 0.495 e. The Bertz CT molecular complexity index is 1510. The molecule has 0 fully saturated rings. The van der Waals surface area contributed by atoms with Gasteiger partial charge in [-0.2, -0.15) is 5.26 Å². The Kier molecular flexibility index (Phi) is 5.77. The van der Waals surface area contributed by atoms with Gasteiger partial charge in [-0.3, -0.25) is 4.98 Å². The Balaban J connectivity index is 1.54. The van der Waals surface area contributed by atoms with E-state index in [0.29, 0.717) is 39.2 Å². The first-order valence-corrected chi connectivity index (χ1v) is 10.9. The number of methoxy groups -OCH3 is 1. The lowest BCUT2D eigenvalue weighted by Gasteiger charge is -2.16. The fourth-order valence-electron chi connectivity index (χ4n) is 3.71. The summed E-state index contributed by atoms with van der Waals surface area (Å²) in [6.07, 6.45) is 5.44. The van der Waals surface area contributed by atoms with Gasteiger partial charge in [0.25, 0.3) is 0 Å². The van der Waals surface area contributed by atoms with Crippen LogP contribution in [-0.2, 0) is 0 Å². The van der Waals surface area contributed by atoms with E-state index >= 15 is 0 Å². The quantitative estimate of drug-likeness (QED) is 0.289. The van der Waals surface area contributed by atoms with Gasteiger partial charge in [0, 0.05) is 29.7 Å². The molecule has 0 saturated carbocycles. The summed E-state index contributed by atoms with van der Waals surface area (Å²) in [5.74, 6) is 1.90. The second kappa shape index (κ2) is 9.18. The molecule has 5 aromatic rings. The van der Waals surface area contributed by atoms with E-state index in [4.69, 9.17) is 21.1 Å². The van der Waals surface area contributed by atoms with Gasteiger partial charge in [0.2, 0.25) is 0 Å². The molecule has 0 saturated heterocycles. The van der Waals surface area contributed by atoms with Gasteiger partial charge in [-0.15, -0.1) is 0 Å². The maximum atomic E-state index is 9.74. The number of fused-ring (bicyclic) bond motifs is 1. The van der Waals surface area contributed by atoms with Crippen molar-refractivity contribution in [3.63, 3.8) is 0 Å². The highest BCUT2D eigenvalue weighted by molar-refractivity contribution is 6.32. The van der Waals surface area contributed by atoms with Crippen LogP contribution in [0.15, 0.2) is 91.4 Å². The number of pyridine rings is 1. The molecule has 7 heteroatoms. The second-order valence-electron chi connectivity index (χ2n) is 7.48. The maximum Gasteiger partial charge on any atom is 0.146 e. The summed E-state index contributed by atoms with van der Waals surface area (Å²) in [6.45, 7) is 0. The Morgan fingerprint density at radius 3 is 2.47 bits per heavy atom. The standard InChI is InChI=1S/C27H19ClN4O2/c1-33-26-14-21-23(15-24(26)32-11-5-6-12-32)30-17-18(16-29)27(21)31-19-9-10-25(22(28)13-19)34-20-7-3-2-4-8-20/h2-15,17H,1H3,(H,30,31). The molecule has 166 valence electrons. The number of benzene rings is 3. The number of nitrogens with one attached hydrogen (secondary N) is 1. The lowest BCUT2D eigenvalue weighted by Crippen LogP contribution is -2.00. The van der Waals surface area contributed by atoms with Crippen molar-refractivity contribution in [2.45, 2.75) is 0 Å². The van der Waals surface area contributed by atoms with Crippen LogP contribution in [0.4, 0.5) is 11.4 Å². The summed E-state index contributed by atoms with van der Waals surface area (Å²) in [5, 5.41) is 14.3. The number of halogens is 1. The normalized spacial score (nSPS) is 10.6. The molecule has 34 heavy (non-hydrogen) atoms. The van der Waals surface area contributed by atoms with Crippen molar-refractivity contribution in [1.29, 1.82) is 5.26 Å². The van der Waals surface area contributed by atoms with Gasteiger partial charge < -0.3 is 19.4 Å². The van der Waals surface area contributed by atoms with E-state index < -0.39 is 0 Å². The lowest BCUT2D eigenvalue weighted by molar-refractivity contribution is 0.413. The first-order valence-electron chi connectivity index (χ1n) is 10.5. The zero-order chi connectivity index (χ0) is 23.5. The number of nitriles is 1. The number of nitrogens with zero attached hydrogens (tertiary/aromatic N) is 3. The van der Waals surface area contributed by atoms with Crippen molar-refractivity contribution in [2.24, 2.45) is 0 Å². The average molecular weight is 467 g/mol. The van der Waals surface area contributed by atoms with Crippen molar-refractivity contribution < 1.29 is 9.47 Å². The fourth-order valence-corrected chi connectivity index (χ4v) is 3.93. The molecule has 2 aromatic heterocycles. The predicted molar refractivity (Wildman–Crippen MR) is 134 cm³/mol. The second-order valence-corrected chi connectivity index (χ2v) is 7.88. The van der Waals surface area contributed by atoms with Gasteiger partial charge in [-0.05, 0) is 54.6 Å². The summed E-state index contributed by atoms with van der Waals surface area (Å²) in [4.78, 5) is 4.50. The number of anilines is 2. The molecule has 5 rings (SSSR count). The van der Waals surface area contributed by atoms with Gasteiger partial charge in [-0.1, -0.05) is 29.8 Å². The molecule has 2 heterocycles. The van der Waals surface area contributed by atoms with Gasteiger partial charge in [0.05, 0.1) is 34.6 Å². The monoisotopic (exact) mass is 466 g/mol. The van der Waals surface area contributed by atoms with Crippen molar-refractivity contribution >= 4 is 33.9 Å². The number of hydrogen-bond acceptors (Lipinski definition) is 5. The van der Waals surface area contributed by atoms with Crippen LogP contribution in [0.5, 0.6) is 17.2 Å². The number of ether oxygens (including phenoxy) is 2. The minimum atomic E-state index is 0.406. The van der Waals surface area contributed by atoms with Crippen LogP contribution in [0.3, 0.4) is 0 Å². The highest BCUT2D eigenvalue weighted by Crippen LogP contribution is 2.37. The molecule has 0 unspecified atom stereocenters. The van der Waals surface area contributed by atoms with Crippen LogP contribution < -0.4 is 14.8 Å². The SMILES string of the molecule is COc1cc2c(Nc3ccc(Oc4ccccc4)c(Cl)c3)c(C#N)cnc2cc1-n1cccc1. The third-order valence-corrected chi connectivity index (χ3v) is 5.64. The molecular weight excluding hydrogens is 448 g/mol. The Morgan fingerprint density at radius 1 is 0.971 bits per heavy atom. The van der Waals surface area contributed by atoms with Crippen LogP contribution in [0.1, 0.15) is 5.56 Å². The average Bonchev–Trinajstić information content (AvgIpc) is 3.41. The van der Waals surface area contributed by atoms with Crippen LogP contribution in [-0.4, -0.2) is 16.7 Å². The molecule has 0 bridgehead atoms. The van der Waals surface area contributed by atoms with E-state index in [0.717, 1.165) is 16.6 Å². The fraction of sp³-hybridized carbons (Fsp3) is 0.0370.